The minimum absolute atomic E-state index is 0.0223. The number of carbonyl (C=O) groups is 1. The molecule has 2 fully saturated rings. The van der Waals surface area contributed by atoms with Crippen molar-refractivity contribution in [1.29, 1.82) is 0 Å². The second kappa shape index (κ2) is 7.20. The largest absolute Gasteiger partial charge is 0.486 e. The van der Waals surface area contributed by atoms with E-state index in [4.69, 9.17) is 9.47 Å². The second-order valence-electron chi connectivity index (χ2n) is 8.89. The first-order valence-corrected chi connectivity index (χ1v) is 10.7. The summed E-state index contributed by atoms with van der Waals surface area (Å²) in [6.07, 6.45) is 1.82. The molecule has 2 aromatic rings. The number of aryl methyl sites for hydroxylation is 1. The molecule has 30 heavy (non-hydrogen) atoms. The quantitative estimate of drug-likeness (QED) is 0.826. The van der Waals surface area contributed by atoms with Gasteiger partial charge in [0.15, 0.2) is 11.5 Å². The fraction of sp³-hybridized carbons (Fsp3) is 0.458. The van der Waals surface area contributed by atoms with Crippen LogP contribution in [0.1, 0.15) is 34.3 Å². The molecule has 1 aliphatic carbocycles. The Balaban J connectivity index is 1.37. The highest BCUT2D eigenvalue weighted by atomic mass is 16.6. The average Bonchev–Trinajstić information content (AvgIpc) is 3.47. The van der Waals surface area contributed by atoms with E-state index in [1.807, 2.05) is 37.3 Å². The Morgan fingerprint density at radius 2 is 1.90 bits per heavy atom. The van der Waals surface area contributed by atoms with Gasteiger partial charge in [-0.15, -0.1) is 0 Å². The molecule has 3 aliphatic rings. The first kappa shape index (κ1) is 19.2. The zero-order valence-corrected chi connectivity index (χ0v) is 17.9. The molecule has 6 nitrogen and oxygen atoms in total. The van der Waals surface area contributed by atoms with Crippen LogP contribution < -0.4 is 19.7 Å². The van der Waals surface area contributed by atoms with Crippen molar-refractivity contribution in [3.05, 3.63) is 53.1 Å². The van der Waals surface area contributed by atoms with Crippen LogP contribution in [0.2, 0.25) is 0 Å². The van der Waals surface area contributed by atoms with Crippen molar-refractivity contribution in [2.24, 2.45) is 0 Å². The van der Waals surface area contributed by atoms with Crippen LogP contribution in [0, 0.1) is 6.92 Å². The fourth-order valence-corrected chi connectivity index (χ4v) is 4.37. The first-order valence-electron chi connectivity index (χ1n) is 10.7. The number of nitrogens with one attached hydrogen (secondary N) is 1. The lowest BCUT2D eigenvalue weighted by Gasteiger charge is -2.44. The maximum atomic E-state index is 13.3. The molecule has 2 aliphatic heterocycles. The summed E-state index contributed by atoms with van der Waals surface area (Å²) < 4.78 is 11.6. The van der Waals surface area contributed by atoms with Crippen molar-refractivity contribution in [2.75, 3.05) is 45.3 Å². The number of anilines is 1. The third-order valence-electron chi connectivity index (χ3n) is 6.61. The zero-order chi connectivity index (χ0) is 20.9. The number of benzene rings is 2. The molecule has 2 heterocycles. The van der Waals surface area contributed by atoms with Gasteiger partial charge in [-0.1, -0.05) is 18.2 Å². The van der Waals surface area contributed by atoms with Crippen molar-refractivity contribution < 1.29 is 14.3 Å². The maximum Gasteiger partial charge on any atom is 0.252 e. The van der Waals surface area contributed by atoms with Crippen LogP contribution in [0.25, 0.3) is 0 Å². The van der Waals surface area contributed by atoms with Gasteiger partial charge in [0.2, 0.25) is 0 Å². The van der Waals surface area contributed by atoms with Crippen LogP contribution in [0.3, 0.4) is 0 Å². The lowest BCUT2D eigenvalue weighted by Crippen LogP contribution is -2.57. The Morgan fingerprint density at radius 3 is 2.63 bits per heavy atom. The summed E-state index contributed by atoms with van der Waals surface area (Å²) in [4.78, 5) is 17.9. The van der Waals surface area contributed by atoms with E-state index in [0.29, 0.717) is 19.3 Å². The summed E-state index contributed by atoms with van der Waals surface area (Å²) in [6, 6.07) is 12.7. The standard InChI is InChI=1S/C24H29N3O3/c1-16-7-8-17(27-14-18(15-27)26(2)3)13-19(16)23(28)25-24(9-10-24)20-5-4-6-21-22(20)30-12-11-29-21/h4-8,13,18H,9-12,14-15H2,1-3H3,(H,25,28). The van der Waals surface area contributed by atoms with E-state index in [2.05, 4.69) is 35.3 Å². The third kappa shape index (κ3) is 3.29. The Bertz CT molecular complexity index is 978. The highest BCUT2D eigenvalue weighted by Gasteiger charge is 2.48. The number of likely N-dealkylation sites (N-methyl/N-ethyl adjacent to an activating group) is 1. The number of nitrogens with zero attached hydrogens (tertiary/aromatic N) is 2. The van der Waals surface area contributed by atoms with E-state index in [1.54, 1.807) is 0 Å². The van der Waals surface area contributed by atoms with Crippen molar-refractivity contribution >= 4 is 11.6 Å². The Morgan fingerprint density at radius 1 is 1.13 bits per heavy atom. The van der Waals surface area contributed by atoms with E-state index in [0.717, 1.165) is 59.8 Å². The first-order chi connectivity index (χ1) is 14.5. The number of hydrogen-bond acceptors (Lipinski definition) is 5. The maximum absolute atomic E-state index is 13.3. The Labute approximate surface area is 177 Å². The predicted octanol–water partition coefficient (Wildman–Crippen LogP) is 2.94. The molecular weight excluding hydrogens is 378 g/mol. The molecule has 1 N–H and O–H groups in total. The van der Waals surface area contributed by atoms with Crippen molar-refractivity contribution in [2.45, 2.75) is 31.3 Å². The molecule has 1 saturated heterocycles. The molecule has 0 bridgehead atoms. The predicted molar refractivity (Wildman–Crippen MR) is 117 cm³/mol. The van der Waals surface area contributed by atoms with Crippen LogP contribution >= 0.6 is 0 Å². The van der Waals surface area contributed by atoms with E-state index in [9.17, 15) is 4.79 Å². The zero-order valence-electron chi connectivity index (χ0n) is 17.9. The summed E-state index contributed by atoms with van der Waals surface area (Å²) in [5.74, 6) is 1.53. The number of rotatable bonds is 5. The third-order valence-corrected chi connectivity index (χ3v) is 6.61. The Hall–Kier alpha value is -2.73. The molecule has 158 valence electrons. The van der Waals surface area contributed by atoms with Crippen LogP contribution in [-0.2, 0) is 5.54 Å². The highest BCUT2D eigenvalue weighted by Crippen LogP contribution is 2.52. The molecule has 2 aromatic carbocycles. The summed E-state index contributed by atoms with van der Waals surface area (Å²) in [6.45, 7) is 5.09. The van der Waals surface area contributed by atoms with E-state index in [-0.39, 0.29) is 11.4 Å². The molecule has 1 amide bonds. The molecule has 5 rings (SSSR count). The van der Waals surface area contributed by atoms with Crippen molar-refractivity contribution in [3.8, 4) is 11.5 Å². The van der Waals surface area contributed by atoms with E-state index in [1.165, 1.54) is 0 Å². The summed E-state index contributed by atoms with van der Waals surface area (Å²) >= 11 is 0. The summed E-state index contributed by atoms with van der Waals surface area (Å²) in [5, 5.41) is 3.32. The fourth-order valence-electron chi connectivity index (χ4n) is 4.37. The smallest absolute Gasteiger partial charge is 0.252 e. The minimum atomic E-state index is -0.363. The number of fused-ring (bicyclic) bond motifs is 1. The number of ether oxygens (including phenoxy) is 2. The highest BCUT2D eigenvalue weighted by molar-refractivity contribution is 5.97. The molecule has 6 heteroatoms. The van der Waals surface area contributed by atoms with Gasteiger partial charge < -0.3 is 24.6 Å². The lowest BCUT2D eigenvalue weighted by atomic mass is 10.00. The van der Waals surface area contributed by atoms with Gasteiger partial charge in [-0.3, -0.25) is 4.79 Å². The normalized spacial score (nSPS) is 19.4. The molecule has 0 aromatic heterocycles. The lowest BCUT2D eigenvalue weighted by molar-refractivity contribution is 0.0928. The molecular formula is C24H29N3O3. The second-order valence-corrected chi connectivity index (χ2v) is 8.89. The van der Waals surface area contributed by atoms with Crippen LogP contribution in [-0.4, -0.2) is 57.2 Å². The molecule has 1 saturated carbocycles. The number of hydrogen-bond donors (Lipinski definition) is 1. The average molecular weight is 408 g/mol. The van der Waals surface area contributed by atoms with Gasteiger partial charge in [0.25, 0.3) is 5.91 Å². The summed E-state index contributed by atoms with van der Waals surface area (Å²) in [7, 11) is 4.23. The van der Waals surface area contributed by atoms with E-state index < -0.39 is 0 Å². The van der Waals surface area contributed by atoms with Crippen LogP contribution in [0.15, 0.2) is 36.4 Å². The molecule has 0 atom stereocenters. The van der Waals surface area contributed by atoms with Gasteiger partial charge in [-0.05, 0) is 57.6 Å². The van der Waals surface area contributed by atoms with Gasteiger partial charge >= 0.3 is 0 Å². The number of para-hydroxylation sites is 1. The van der Waals surface area contributed by atoms with Gasteiger partial charge in [-0.2, -0.15) is 0 Å². The topological polar surface area (TPSA) is 54.0 Å². The van der Waals surface area contributed by atoms with Crippen molar-refractivity contribution in [3.63, 3.8) is 0 Å². The summed E-state index contributed by atoms with van der Waals surface area (Å²) in [5.41, 5.74) is 3.51. The van der Waals surface area contributed by atoms with Gasteiger partial charge in [-0.25, -0.2) is 0 Å². The monoisotopic (exact) mass is 407 g/mol. The number of amides is 1. The molecule has 0 radical (unpaired) electrons. The van der Waals surface area contributed by atoms with Crippen LogP contribution in [0.4, 0.5) is 5.69 Å². The minimum Gasteiger partial charge on any atom is -0.486 e. The van der Waals surface area contributed by atoms with Gasteiger partial charge in [0.05, 0.1) is 5.54 Å². The molecule has 0 spiro atoms. The molecule has 0 unspecified atom stereocenters. The van der Waals surface area contributed by atoms with E-state index >= 15 is 0 Å². The SMILES string of the molecule is Cc1ccc(N2CC(N(C)C)C2)cc1C(=O)NC1(c2cccc3c2OCCO3)CC1. The van der Waals surface area contributed by atoms with Gasteiger partial charge in [0.1, 0.15) is 13.2 Å². The van der Waals surface area contributed by atoms with Gasteiger partial charge in [0, 0.05) is 35.9 Å². The van der Waals surface area contributed by atoms with Crippen molar-refractivity contribution in [1.82, 2.24) is 10.2 Å². The Kier molecular flexibility index (Phi) is 4.62. The van der Waals surface area contributed by atoms with Crippen LogP contribution in [0.5, 0.6) is 11.5 Å². The number of carbonyl (C=O) groups excluding carboxylic acids is 1.